The Morgan fingerprint density at radius 2 is 1.88 bits per heavy atom. The van der Waals surface area contributed by atoms with Gasteiger partial charge < -0.3 is 15.4 Å². The van der Waals surface area contributed by atoms with Crippen LogP contribution in [0, 0.1) is 0 Å². The van der Waals surface area contributed by atoms with Gasteiger partial charge in [-0.1, -0.05) is 18.2 Å². The third-order valence-electron chi connectivity index (χ3n) is 1.70. The molecule has 16 heavy (non-hydrogen) atoms. The van der Waals surface area contributed by atoms with Gasteiger partial charge in [-0.15, -0.1) is 0 Å². The number of benzene rings is 1. The highest BCUT2D eigenvalue weighted by Gasteiger charge is 2.12. The van der Waals surface area contributed by atoms with E-state index < -0.39 is 0 Å². The van der Waals surface area contributed by atoms with Crippen LogP contribution < -0.4 is 15.4 Å². The van der Waals surface area contributed by atoms with E-state index in [1.165, 1.54) is 0 Å². The number of urea groups is 1. The van der Waals surface area contributed by atoms with Crippen LogP contribution in [0.25, 0.3) is 0 Å². The van der Waals surface area contributed by atoms with E-state index in [9.17, 15) is 4.79 Å². The lowest BCUT2D eigenvalue weighted by Gasteiger charge is -2.20. The highest BCUT2D eigenvalue weighted by Crippen LogP contribution is 2.07. The molecule has 2 amide bonds. The molecule has 0 heterocycles. The van der Waals surface area contributed by atoms with Crippen molar-refractivity contribution in [1.82, 2.24) is 10.6 Å². The zero-order valence-corrected chi connectivity index (χ0v) is 9.91. The summed E-state index contributed by atoms with van der Waals surface area (Å²) in [6.45, 7) is 5.92. The summed E-state index contributed by atoms with van der Waals surface area (Å²) >= 11 is 0. The van der Waals surface area contributed by atoms with Gasteiger partial charge in [-0.05, 0) is 32.9 Å². The van der Waals surface area contributed by atoms with Crippen LogP contribution >= 0.6 is 0 Å². The normalized spacial score (nSPS) is 10.7. The van der Waals surface area contributed by atoms with Crippen molar-refractivity contribution in [3.63, 3.8) is 0 Å². The van der Waals surface area contributed by atoms with Crippen LogP contribution in [0.15, 0.2) is 30.3 Å². The summed E-state index contributed by atoms with van der Waals surface area (Å²) in [6, 6.07) is 9.11. The zero-order chi connectivity index (χ0) is 12.0. The molecule has 0 unspecified atom stereocenters. The van der Waals surface area contributed by atoms with E-state index in [0.29, 0.717) is 0 Å². The Kier molecular flexibility index (Phi) is 4.17. The van der Waals surface area contributed by atoms with Crippen molar-refractivity contribution in [2.45, 2.75) is 26.3 Å². The van der Waals surface area contributed by atoms with Crippen LogP contribution in [0.3, 0.4) is 0 Å². The van der Waals surface area contributed by atoms with Gasteiger partial charge in [-0.25, -0.2) is 4.79 Å². The van der Waals surface area contributed by atoms with E-state index in [2.05, 4.69) is 10.6 Å². The Labute approximate surface area is 96.0 Å². The summed E-state index contributed by atoms with van der Waals surface area (Å²) in [5.41, 5.74) is -0.239. The number of hydrogen-bond donors (Lipinski definition) is 2. The summed E-state index contributed by atoms with van der Waals surface area (Å²) in [5.74, 6) is 0.735. The molecule has 0 aliphatic carbocycles. The Hall–Kier alpha value is -1.71. The van der Waals surface area contributed by atoms with Crippen molar-refractivity contribution >= 4 is 6.03 Å². The molecule has 2 N–H and O–H groups in total. The van der Waals surface area contributed by atoms with Crippen LogP contribution in [0.1, 0.15) is 20.8 Å². The lowest BCUT2D eigenvalue weighted by molar-refractivity contribution is 0.216. The molecule has 1 aromatic rings. The van der Waals surface area contributed by atoms with Gasteiger partial charge in [0.05, 0.1) is 0 Å². The number of amides is 2. The maximum absolute atomic E-state index is 11.3. The Bertz CT molecular complexity index is 331. The van der Waals surface area contributed by atoms with Crippen LogP contribution in [-0.4, -0.2) is 18.3 Å². The van der Waals surface area contributed by atoms with Gasteiger partial charge in [0.15, 0.2) is 6.73 Å². The van der Waals surface area contributed by atoms with E-state index in [0.717, 1.165) is 5.75 Å². The average molecular weight is 222 g/mol. The molecule has 0 radical (unpaired) electrons. The van der Waals surface area contributed by atoms with Crippen LogP contribution in [-0.2, 0) is 0 Å². The molecule has 0 atom stereocenters. The molecule has 0 aliphatic rings. The molecule has 88 valence electrons. The van der Waals surface area contributed by atoms with Crippen molar-refractivity contribution in [2.24, 2.45) is 0 Å². The number of para-hydroxylation sites is 1. The number of rotatable bonds is 3. The Balaban J connectivity index is 2.24. The fourth-order valence-electron chi connectivity index (χ4n) is 1.09. The summed E-state index contributed by atoms with van der Waals surface area (Å²) in [7, 11) is 0. The summed E-state index contributed by atoms with van der Waals surface area (Å²) in [4.78, 5) is 11.3. The highest BCUT2D eigenvalue weighted by molar-refractivity contribution is 5.74. The second-order valence-corrected chi connectivity index (χ2v) is 4.48. The summed E-state index contributed by atoms with van der Waals surface area (Å²) in [6.07, 6.45) is 0. The third kappa shape index (κ3) is 5.24. The molecule has 0 aliphatic heterocycles. The fraction of sp³-hybridized carbons (Fsp3) is 0.417. The standard InChI is InChI=1S/C12H18N2O2/c1-12(2,3)14-11(15)13-9-16-10-7-5-4-6-8-10/h4-8H,9H2,1-3H3,(H2,13,14,15). The quantitative estimate of drug-likeness (QED) is 0.770. The van der Waals surface area contributed by atoms with E-state index in [4.69, 9.17) is 4.74 Å². The van der Waals surface area contributed by atoms with Crippen molar-refractivity contribution in [2.75, 3.05) is 6.73 Å². The third-order valence-corrected chi connectivity index (χ3v) is 1.70. The maximum Gasteiger partial charge on any atom is 0.317 e. The Morgan fingerprint density at radius 3 is 2.44 bits per heavy atom. The van der Waals surface area contributed by atoms with Gasteiger partial charge in [0.1, 0.15) is 5.75 Å². The van der Waals surface area contributed by atoms with Gasteiger partial charge in [0, 0.05) is 5.54 Å². The molecule has 0 bridgehead atoms. The number of nitrogens with one attached hydrogen (secondary N) is 2. The topological polar surface area (TPSA) is 50.4 Å². The predicted octanol–water partition coefficient (Wildman–Crippen LogP) is 2.12. The molecule has 0 saturated heterocycles. The van der Waals surface area contributed by atoms with E-state index in [1.54, 1.807) is 0 Å². The van der Waals surface area contributed by atoms with Crippen molar-refractivity contribution < 1.29 is 9.53 Å². The molecule has 4 heteroatoms. The summed E-state index contributed by atoms with van der Waals surface area (Å²) in [5, 5.41) is 5.39. The van der Waals surface area contributed by atoms with Crippen molar-refractivity contribution in [1.29, 1.82) is 0 Å². The lowest BCUT2D eigenvalue weighted by atomic mass is 10.1. The molecule has 1 rings (SSSR count). The molecular weight excluding hydrogens is 204 g/mol. The molecule has 1 aromatic carbocycles. The van der Waals surface area contributed by atoms with Crippen molar-refractivity contribution in [3.8, 4) is 5.75 Å². The first-order chi connectivity index (χ1) is 7.47. The van der Waals surface area contributed by atoms with Crippen LogP contribution in [0.4, 0.5) is 4.79 Å². The monoisotopic (exact) mass is 222 g/mol. The molecule has 0 saturated carbocycles. The predicted molar refractivity (Wildman–Crippen MR) is 63.4 cm³/mol. The first-order valence-corrected chi connectivity index (χ1v) is 5.21. The second-order valence-electron chi connectivity index (χ2n) is 4.48. The minimum atomic E-state index is -0.239. The van der Waals surface area contributed by atoms with Crippen LogP contribution in [0.2, 0.25) is 0 Å². The zero-order valence-electron chi connectivity index (χ0n) is 9.91. The second kappa shape index (κ2) is 5.39. The fourth-order valence-corrected chi connectivity index (χ4v) is 1.09. The summed E-state index contributed by atoms with van der Waals surface area (Å²) < 4.78 is 5.32. The van der Waals surface area contributed by atoms with Gasteiger partial charge in [-0.3, -0.25) is 0 Å². The molecule has 0 fully saturated rings. The minimum Gasteiger partial charge on any atom is -0.473 e. The minimum absolute atomic E-state index is 0.159. The van der Waals surface area contributed by atoms with E-state index in [-0.39, 0.29) is 18.3 Å². The maximum atomic E-state index is 11.3. The molecular formula is C12H18N2O2. The number of ether oxygens (including phenoxy) is 1. The van der Waals surface area contributed by atoms with Gasteiger partial charge in [-0.2, -0.15) is 0 Å². The van der Waals surface area contributed by atoms with Crippen molar-refractivity contribution in [3.05, 3.63) is 30.3 Å². The first kappa shape index (κ1) is 12.4. The first-order valence-electron chi connectivity index (χ1n) is 5.21. The number of carbonyl (C=O) groups is 1. The number of hydrogen-bond acceptors (Lipinski definition) is 2. The van der Waals surface area contributed by atoms with E-state index in [1.807, 2.05) is 51.1 Å². The number of carbonyl (C=O) groups excluding carboxylic acids is 1. The molecule has 0 spiro atoms. The van der Waals surface area contributed by atoms with Gasteiger partial charge >= 0.3 is 6.03 Å². The highest BCUT2D eigenvalue weighted by atomic mass is 16.5. The smallest absolute Gasteiger partial charge is 0.317 e. The SMILES string of the molecule is CC(C)(C)NC(=O)NCOc1ccccc1. The van der Waals surface area contributed by atoms with Gasteiger partial charge in [0.2, 0.25) is 0 Å². The Morgan fingerprint density at radius 1 is 1.25 bits per heavy atom. The van der Waals surface area contributed by atoms with E-state index >= 15 is 0 Å². The lowest BCUT2D eigenvalue weighted by Crippen LogP contribution is -2.47. The van der Waals surface area contributed by atoms with Crippen LogP contribution in [0.5, 0.6) is 5.75 Å². The molecule has 4 nitrogen and oxygen atoms in total. The molecule has 0 aromatic heterocycles. The largest absolute Gasteiger partial charge is 0.473 e. The average Bonchev–Trinajstić information content (AvgIpc) is 2.16. The van der Waals surface area contributed by atoms with Gasteiger partial charge in [0.25, 0.3) is 0 Å².